The number of nitrogens with two attached hydrogens (primary N) is 1. The van der Waals surface area contributed by atoms with Gasteiger partial charge in [-0.25, -0.2) is 0 Å². The average Bonchev–Trinajstić information content (AvgIpc) is 2.86. The van der Waals surface area contributed by atoms with Crippen molar-refractivity contribution in [2.45, 2.75) is 32.6 Å². The van der Waals surface area contributed by atoms with Crippen molar-refractivity contribution in [1.82, 2.24) is 4.90 Å². The summed E-state index contributed by atoms with van der Waals surface area (Å²) >= 11 is 0. The zero-order chi connectivity index (χ0) is 12.8. The van der Waals surface area contributed by atoms with Gasteiger partial charge < -0.3 is 15.4 Å². The molecule has 3 nitrogen and oxygen atoms in total. The Kier molecular flexibility index (Phi) is 4.88. The molecular weight excluding hydrogens is 224 g/mol. The third-order valence-corrected chi connectivity index (χ3v) is 3.51. The van der Waals surface area contributed by atoms with Crippen molar-refractivity contribution in [1.29, 1.82) is 0 Å². The Morgan fingerprint density at radius 3 is 2.72 bits per heavy atom. The lowest BCUT2D eigenvalue weighted by Crippen LogP contribution is -2.20. The summed E-state index contributed by atoms with van der Waals surface area (Å²) in [6, 6.07) is 6.17. The molecule has 1 saturated heterocycles. The molecule has 100 valence electrons. The van der Waals surface area contributed by atoms with Crippen LogP contribution in [-0.2, 0) is 6.42 Å². The minimum absolute atomic E-state index is 0.665. The maximum Gasteiger partial charge on any atom is 0.142 e. The Hall–Kier alpha value is -1.22. The minimum Gasteiger partial charge on any atom is -0.492 e. The number of hydrogen-bond acceptors (Lipinski definition) is 3. The standard InChI is InChI=1S/C15H24N2O/c1-2-18-15-8-7-13(12-14(15)16)6-5-11-17-9-3-4-10-17/h7-8,12H,2-6,9-11,16H2,1H3. The van der Waals surface area contributed by atoms with E-state index in [-0.39, 0.29) is 0 Å². The quantitative estimate of drug-likeness (QED) is 0.787. The number of nitrogen functional groups attached to an aromatic ring is 1. The van der Waals surface area contributed by atoms with Gasteiger partial charge in [0.15, 0.2) is 0 Å². The van der Waals surface area contributed by atoms with Crippen LogP contribution in [0.5, 0.6) is 5.75 Å². The lowest BCUT2D eigenvalue weighted by Gasteiger charge is -2.14. The Balaban J connectivity index is 1.80. The number of rotatable bonds is 6. The van der Waals surface area contributed by atoms with Gasteiger partial charge in [0.1, 0.15) is 5.75 Å². The molecule has 0 aromatic heterocycles. The van der Waals surface area contributed by atoms with Gasteiger partial charge in [-0.05, 0) is 69.9 Å². The van der Waals surface area contributed by atoms with E-state index in [1.807, 2.05) is 13.0 Å². The van der Waals surface area contributed by atoms with Crippen molar-refractivity contribution >= 4 is 5.69 Å². The molecule has 2 N–H and O–H groups in total. The Morgan fingerprint density at radius 1 is 1.28 bits per heavy atom. The molecule has 1 aromatic rings. The van der Waals surface area contributed by atoms with Gasteiger partial charge in [0, 0.05) is 0 Å². The highest BCUT2D eigenvalue weighted by Crippen LogP contribution is 2.23. The summed E-state index contributed by atoms with van der Waals surface area (Å²) in [5, 5.41) is 0. The highest BCUT2D eigenvalue weighted by Gasteiger charge is 2.10. The van der Waals surface area contributed by atoms with Crippen LogP contribution in [0.25, 0.3) is 0 Å². The molecular formula is C15H24N2O. The van der Waals surface area contributed by atoms with Crippen LogP contribution in [0.2, 0.25) is 0 Å². The second-order valence-electron chi connectivity index (χ2n) is 4.96. The molecule has 3 heteroatoms. The first kappa shape index (κ1) is 13.2. The van der Waals surface area contributed by atoms with E-state index in [1.165, 1.54) is 44.5 Å². The molecule has 1 aliphatic rings. The van der Waals surface area contributed by atoms with E-state index in [0.717, 1.165) is 17.9 Å². The van der Waals surface area contributed by atoms with Crippen LogP contribution in [0.4, 0.5) is 5.69 Å². The number of aryl methyl sites for hydroxylation is 1. The van der Waals surface area contributed by atoms with Crippen LogP contribution >= 0.6 is 0 Å². The highest BCUT2D eigenvalue weighted by atomic mass is 16.5. The molecule has 1 aromatic carbocycles. The zero-order valence-electron chi connectivity index (χ0n) is 11.3. The molecule has 0 saturated carbocycles. The predicted molar refractivity (Wildman–Crippen MR) is 76.0 cm³/mol. The normalized spacial score (nSPS) is 16.1. The molecule has 0 bridgehead atoms. The molecule has 18 heavy (non-hydrogen) atoms. The van der Waals surface area contributed by atoms with Gasteiger partial charge in [0.05, 0.1) is 12.3 Å². The third kappa shape index (κ3) is 3.64. The second-order valence-corrected chi connectivity index (χ2v) is 4.96. The monoisotopic (exact) mass is 248 g/mol. The van der Waals surface area contributed by atoms with Gasteiger partial charge in [-0.3, -0.25) is 0 Å². The van der Waals surface area contributed by atoms with Crippen molar-refractivity contribution in [2.75, 3.05) is 32.0 Å². The molecule has 0 radical (unpaired) electrons. The summed E-state index contributed by atoms with van der Waals surface area (Å²) in [7, 11) is 0. The second kappa shape index (κ2) is 6.64. The van der Waals surface area contributed by atoms with E-state index < -0.39 is 0 Å². The predicted octanol–water partition coefficient (Wildman–Crippen LogP) is 2.70. The Labute approximate surface area is 110 Å². The smallest absolute Gasteiger partial charge is 0.142 e. The van der Waals surface area contributed by atoms with E-state index in [4.69, 9.17) is 10.5 Å². The number of nitrogens with zero attached hydrogens (tertiary/aromatic N) is 1. The summed E-state index contributed by atoms with van der Waals surface area (Å²) in [6.45, 7) is 6.42. The van der Waals surface area contributed by atoms with Crippen molar-refractivity contribution in [3.8, 4) is 5.75 Å². The third-order valence-electron chi connectivity index (χ3n) is 3.51. The SMILES string of the molecule is CCOc1ccc(CCCN2CCCC2)cc1N. The lowest BCUT2D eigenvalue weighted by molar-refractivity contribution is 0.333. The van der Waals surface area contributed by atoms with Crippen molar-refractivity contribution in [3.05, 3.63) is 23.8 Å². The largest absolute Gasteiger partial charge is 0.492 e. The lowest BCUT2D eigenvalue weighted by atomic mass is 10.1. The minimum atomic E-state index is 0.665. The fraction of sp³-hybridized carbons (Fsp3) is 0.600. The van der Waals surface area contributed by atoms with Crippen LogP contribution in [0, 0.1) is 0 Å². The summed E-state index contributed by atoms with van der Waals surface area (Å²) in [4.78, 5) is 2.55. The van der Waals surface area contributed by atoms with Crippen molar-refractivity contribution in [3.63, 3.8) is 0 Å². The van der Waals surface area contributed by atoms with Crippen molar-refractivity contribution in [2.24, 2.45) is 0 Å². The van der Waals surface area contributed by atoms with Gasteiger partial charge in [-0.1, -0.05) is 6.07 Å². The number of anilines is 1. The van der Waals surface area contributed by atoms with Gasteiger partial charge >= 0.3 is 0 Å². The maximum absolute atomic E-state index is 5.97. The van der Waals surface area contributed by atoms with Crippen molar-refractivity contribution < 1.29 is 4.74 Å². The molecule has 1 fully saturated rings. The van der Waals surface area contributed by atoms with E-state index in [9.17, 15) is 0 Å². The van der Waals surface area contributed by atoms with E-state index in [1.54, 1.807) is 0 Å². The summed E-state index contributed by atoms with van der Waals surface area (Å²) in [5.74, 6) is 0.806. The van der Waals surface area contributed by atoms with Crippen LogP contribution in [0.3, 0.4) is 0 Å². The van der Waals surface area contributed by atoms with Gasteiger partial charge in [0.2, 0.25) is 0 Å². The van der Waals surface area contributed by atoms with Gasteiger partial charge in [-0.15, -0.1) is 0 Å². The molecule has 0 unspecified atom stereocenters. The fourth-order valence-electron chi connectivity index (χ4n) is 2.55. The topological polar surface area (TPSA) is 38.5 Å². The Bertz CT molecular complexity index is 373. The number of ether oxygens (including phenoxy) is 1. The first-order chi connectivity index (χ1) is 8.79. The van der Waals surface area contributed by atoms with E-state index in [2.05, 4.69) is 17.0 Å². The molecule has 0 aliphatic carbocycles. The molecule has 0 amide bonds. The summed E-state index contributed by atoms with van der Waals surface area (Å²) < 4.78 is 5.44. The van der Waals surface area contributed by atoms with Crippen LogP contribution in [0.1, 0.15) is 31.7 Å². The van der Waals surface area contributed by atoms with Crippen LogP contribution in [0.15, 0.2) is 18.2 Å². The van der Waals surface area contributed by atoms with Crippen LogP contribution in [-0.4, -0.2) is 31.1 Å². The van der Waals surface area contributed by atoms with E-state index >= 15 is 0 Å². The molecule has 0 spiro atoms. The first-order valence-electron chi connectivity index (χ1n) is 7.03. The molecule has 2 rings (SSSR count). The Morgan fingerprint density at radius 2 is 2.06 bits per heavy atom. The van der Waals surface area contributed by atoms with E-state index in [0.29, 0.717) is 6.61 Å². The van der Waals surface area contributed by atoms with Gasteiger partial charge in [0.25, 0.3) is 0 Å². The maximum atomic E-state index is 5.97. The van der Waals surface area contributed by atoms with Gasteiger partial charge in [-0.2, -0.15) is 0 Å². The highest BCUT2D eigenvalue weighted by molar-refractivity contribution is 5.54. The average molecular weight is 248 g/mol. The number of benzene rings is 1. The van der Waals surface area contributed by atoms with Crippen LogP contribution < -0.4 is 10.5 Å². The molecule has 0 atom stereocenters. The number of likely N-dealkylation sites (tertiary alicyclic amines) is 1. The summed E-state index contributed by atoms with van der Waals surface area (Å²) in [6.07, 6.45) is 5.06. The molecule has 1 aliphatic heterocycles. The first-order valence-corrected chi connectivity index (χ1v) is 7.03. The molecule has 1 heterocycles. The fourth-order valence-corrected chi connectivity index (χ4v) is 2.55. The summed E-state index contributed by atoms with van der Waals surface area (Å²) in [5.41, 5.74) is 8.04. The number of hydrogen-bond donors (Lipinski definition) is 1. The zero-order valence-corrected chi connectivity index (χ0v) is 11.3.